The standard InChI is InChI=1S/C14H19FN2O3S2/c1-3-10(2)16-14(18)13-8-21-9-17(13)22(19,20)12-6-4-11(15)5-7-12/h4-7,10,13H,3,8-9H2,1-2H3,(H,16,18)/t10-,13+/m0/s1. The van der Waals surface area contributed by atoms with Crippen LogP contribution in [0.4, 0.5) is 4.39 Å². The highest BCUT2D eigenvalue weighted by molar-refractivity contribution is 8.00. The second-order valence-electron chi connectivity index (χ2n) is 5.18. The first kappa shape index (κ1) is 17.2. The Hall–Kier alpha value is -1.12. The maximum Gasteiger partial charge on any atom is 0.244 e. The van der Waals surface area contributed by atoms with Gasteiger partial charge in [0.15, 0.2) is 0 Å². The molecule has 0 bridgehead atoms. The molecule has 5 nitrogen and oxygen atoms in total. The van der Waals surface area contributed by atoms with E-state index < -0.39 is 21.9 Å². The third-order valence-electron chi connectivity index (χ3n) is 3.57. The van der Waals surface area contributed by atoms with Crippen LogP contribution in [0.25, 0.3) is 0 Å². The van der Waals surface area contributed by atoms with Crippen LogP contribution in [0.3, 0.4) is 0 Å². The topological polar surface area (TPSA) is 66.5 Å². The van der Waals surface area contributed by atoms with Gasteiger partial charge < -0.3 is 5.32 Å². The summed E-state index contributed by atoms with van der Waals surface area (Å²) in [5, 5.41) is 2.82. The molecule has 1 fully saturated rings. The van der Waals surface area contributed by atoms with Crippen molar-refractivity contribution >= 4 is 27.7 Å². The van der Waals surface area contributed by atoms with Crippen LogP contribution in [0.15, 0.2) is 29.2 Å². The first-order valence-corrected chi connectivity index (χ1v) is 9.61. The molecule has 1 aromatic rings. The number of hydrogen-bond donors (Lipinski definition) is 1. The van der Waals surface area contributed by atoms with Gasteiger partial charge in [-0.2, -0.15) is 4.31 Å². The Morgan fingerprint density at radius 3 is 2.68 bits per heavy atom. The number of rotatable bonds is 5. The Labute approximate surface area is 134 Å². The molecule has 1 aromatic carbocycles. The van der Waals surface area contributed by atoms with E-state index in [2.05, 4.69) is 5.32 Å². The zero-order valence-corrected chi connectivity index (χ0v) is 14.1. The Kier molecular flexibility index (Phi) is 5.46. The zero-order chi connectivity index (χ0) is 16.3. The van der Waals surface area contributed by atoms with E-state index >= 15 is 0 Å². The summed E-state index contributed by atoms with van der Waals surface area (Å²) < 4.78 is 39.4. The molecule has 22 heavy (non-hydrogen) atoms. The molecule has 0 aliphatic carbocycles. The number of halogens is 1. The molecule has 1 aliphatic rings. The molecule has 1 saturated heterocycles. The minimum Gasteiger partial charge on any atom is -0.352 e. The molecule has 0 aromatic heterocycles. The summed E-state index contributed by atoms with van der Waals surface area (Å²) in [6.07, 6.45) is 0.774. The molecule has 2 atom stereocenters. The lowest BCUT2D eigenvalue weighted by Crippen LogP contribution is -2.49. The van der Waals surface area contributed by atoms with E-state index in [0.29, 0.717) is 5.75 Å². The van der Waals surface area contributed by atoms with Crippen molar-refractivity contribution in [3.8, 4) is 0 Å². The fraction of sp³-hybridized carbons (Fsp3) is 0.500. The molecule has 1 heterocycles. The second kappa shape index (κ2) is 6.97. The lowest BCUT2D eigenvalue weighted by molar-refractivity contribution is -0.124. The van der Waals surface area contributed by atoms with E-state index in [4.69, 9.17) is 0 Å². The van der Waals surface area contributed by atoms with Crippen molar-refractivity contribution in [2.45, 2.75) is 37.2 Å². The summed E-state index contributed by atoms with van der Waals surface area (Å²) in [6.45, 7) is 3.82. The number of nitrogens with zero attached hydrogens (tertiary/aromatic N) is 1. The summed E-state index contributed by atoms with van der Waals surface area (Å²) in [6, 6.07) is 3.91. The summed E-state index contributed by atoms with van der Waals surface area (Å²) >= 11 is 1.39. The first-order chi connectivity index (χ1) is 10.4. The maximum absolute atomic E-state index is 13.0. The number of hydrogen-bond acceptors (Lipinski definition) is 4. The predicted octanol–water partition coefficient (Wildman–Crippen LogP) is 1.80. The highest BCUT2D eigenvalue weighted by atomic mass is 32.2. The Morgan fingerprint density at radius 2 is 2.09 bits per heavy atom. The minimum atomic E-state index is -3.81. The molecular weight excluding hydrogens is 327 g/mol. The minimum absolute atomic E-state index is 0.00209. The van der Waals surface area contributed by atoms with E-state index in [9.17, 15) is 17.6 Å². The summed E-state index contributed by atoms with van der Waals surface area (Å²) in [7, 11) is -3.81. The van der Waals surface area contributed by atoms with Gasteiger partial charge >= 0.3 is 0 Å². The van der Waals surface area contributed by atoms with Crippen molar-refractivity contribution in [1.29, 1.82) is 0 Å². The van der Waals surface area contributed by atoms with Gasteiger partial charge in [-0.15, -0.1) is 11.8 Å². The Morgan fingerprint density at radius 1 is 1.45 bits per heavy atom. The van der Waals surface area contributed by atoms with Gasteiger partial charge in [-0.1, -0.05) is 6.92 Å². The van der Waals surface area contributed by atoms with E-state index in [0.717, 1.165) is 18.6 Å². The molecule has 1 amide bonds. The molecule has 0 spiro atoms. The van der Waals surface area contributed by atoms with E-state index in [1.54, 1.807) is 0 Å². The molecule has 0 radical (unpaired) electrons. The number of amides is 1. The van der Waals surface area contributed by atoms with E-state index in [-0.39, 0.29) is 22.7 Å². The SMILES string of the molecule is CC[C@H](C)NC(=O)[C@H]1CSCN1S(=O)(=O)c1ccc(F)cc1. The van der Waals surface area contributed by atoms with Crippen LogP contribution in [0.1, 0.15) is 20.3 Å². The number of nitrogens with one attached hydrogen (secondary N) is 1. The Balaban J connectivity index is 2.22. The van der Waals surface area contributed by atoms with Gasteiger partial charge in [-0.25, -0.2) is 12.8 Å². The number of carbonyl (C=O) groups excluding carboxylic acids is 1. The van der Waals surface area contributed by atoms with Gasteiger partial charge in [0.1, 0.15) is 11.9 Å². The van der Waals surface area contributed by atoms with Crippen LogP contribution in [-0.2, 0) is 14.8 Å². The molecule has 1 N–H and O–H groups in total. The molecule has 1 aliphatic heterocycles. The fourth-order valence-corrected chi connectivity index (χ4v) is 5.20. The van der Waals surface area contributed by atoms with Crippen LogP contribution in [-0.4, -0.2) is 42.3 Å². The molecule has 0 saturated carbocycles. The third kappa shape index (κ3) is 3.61. The van der Waals surface area contributed by atoms with Crippen molar-refractivity contribution < 1.29 is 17.6 Å². The second-order valence-corrected chi connectivity index (χ2v) is 8.07. The molecule has 0 unspecified atom stereocenters. The third-order valence-corrected chi connectivity index (χ3v) is 6.61. The molecule has 122 valence electrons. The lowest BCUT2D eigenvalue weighted by atomic mass is 10.2. The highest BCUT2D eigenvalue weighted by Gasteiger charge is 2.40. The summed E-state index contributed by atoms with van der Waals surface area (Å²) in [5.41, 5.74) is 0. The number of thioether (sulfide) groups is 1. The number of sulfonamides is 1. The van der Waals surface area contributed by atoms with Crippen molar-refractivity contribution in [1.82, 2.24) is 9.62 Å². The van der Waals surface area contributed by atoms with Gasteiger partial charge in [0.25, 0.3) is 0 Å². The van der Waals surface area contributed by atoms with Crippen molar-refractivity contribution in [2.24, 2.45) is 0 Å². The number of benzene rings is 1. The number of carbonyl (C=O) groups is 1. The van der Waals surface area contributed by atoms with Crippen molar-refractivity contribution in [3.63, 3.8) is 0 Å². The van der Waals surface area contributed by atoms with Crippen LogP contribution < -0.4 is 5.32 Å². The van der Waals surface area contributed by atoms with Crippen molar-refractivity contribution in [2.75, 3.05) is 11.6 Å². The summed E-state index contributed by atoms with van der Waals surface area (Å²) in [5.74, 6) is -0.146. The van der Waals surface area contributed by atoms with Crippen LogP contribution in [0.2, 0.25) is 0 Å². The zero-order valence-electron chi connectivity index (χ0n) is 12.5. The van der Waals surface area contributed by atoms with Gasteiger partial charge in [-0.3, -0.25) is 4.79 Å². The fourth-order valence-electron chi connectivity index (χ4n) is 2.05. The normalized spacial score (nSPS) is 20.8. The largest absolute Gasteiger partial charge is 0.352 e. The van der Waals surface area contributed by atoms with E-state index in [1.807, 2.05) is 13.8 Å². The van der Waals surface area contributed by atoms with E-state index in [1.165, 1.54) is 28.2 Å². The average molecular weight is 346 g/mol. The van der Waals surface area contributed by atoms with Crippen molar-refractivity contribution in [3.05, 3.63) is 30.1 Å². The molecule has 2 rings (SSSR count). The lowest BCUT2D eigenvalue weighted by Gasteiger charge is -2.24. The smallest absolute Gasteiger partial charge is 0.244 e. The van der Waals surface area contributed by atoms with Gasteiger partial charge in [0, 0.05) is 11.8 Å². The monoisotopic (exact) mass is 346 g/mol. The predicted molar refractivity (Wildman–Crippen MR) is 84.4 cm³/mol. The average Bonchev–Trinajstić information content (AvgIpc) is 2.97. The van der Waals surface area contributed by atoms with Gasteiger partial charge in [0.2, 0.25) is 15.9 Å². The highest BCUT2D eigenvalue weighted by Crippen LogP contribution is 2.28. The van der Waals surface area contributed by atoms with Gasteiger partial charge in [-0.05, 0) is 37.6 Å². The molecular formula is C14H19FN2O3S2. The van der Waals surface area contributed by atoms with Gasteiger partial charge in [0.05, 0.1) is 10.8 Å². The maximum atomic E-state index is 13.0. The van der Waals surface area contributed by atoms with Crippen LogP contribution in [0, 0.1) is 5.82 Å². The molecule has 8 heteroatoms. The Bertz CT molecular complexity index is 634. The first-order valence-electron chi connectivity index (χ1n) is 7.01. The quantitative estimate of drug-likeness (QED) is 0.883. The van der Waals surface area contributed by atoms with Crippen LogP contribution >= 0.6 is 11.8 Å². The van der Waals surface area contributed by atoms with Crippen LogP contribution in [0.5, 0.6) is 0 Å². The summed E-state index contributed by atoms with van der Waals surface area (Å²) in [4.78, 5) is 12.3.